The van der Waals surface area contributed by atoms with E-state index in [0.29, 0.717) is 16.9 Å². The molecule has 2 aromatic rings. The first-order chi connectivity index (χ1) is 8.29. The number of aliphatic hydroxyl groups excluding tert-OH is 2. The summed E-state index contributed by atoms with van der Waals surface area (Å²) in [6.45, 7) is -0.281. The van der Waals surface area contributed by atoms with Crippen molar-refractivity contribution in [1.29, 1.82) is 0 Å². The number of nitrogens with zero attached hydrogens (tertiary/aromatic N) is 3. The lowest BCUT2D eigenvalue weighted by molar-refractivity contribution is 0.113. The van der Waals surface area contributed by atoms with Crippen molar-refractivity contribution in [3.05, 3.63) is 24.5 Å². The molecule has 7 heteroatoms. The highest BCUT2D eigenvalue weighted by Crippen LogP contribution is 2.22. The fraction of sp³-hybridized carbons (Fsp3) is 0.300. The lowest BCUT2D eigenvalue weighted by Gasteiger charge is -2.02. The minimum absolute atomic E-state index is 0.281. The summed E-state index contributed by atoms with van der Waals surface area (Å²) >= 11 is 1.20. The lowest BCUT2D eigenvalue weighted by atomic mass is 10.3. The number of aliphatic hydroxyl groups is 2. The van der Waals surface area contributed by atoms with E-state index in [2.05, 4.69) is 15.2 Å². The van der Waals surface area contributed by atoms with Crippen LogP contribution < -0.4 is 0 Å². The van der Waals surface area contributed by atoms with E-state index in [-0.39, 0.29) is 6.61 Å². The molecular formula is C10H11N3O3S. The first kappa shape index (κ1) is 12.0. The summed E-state index contributed by atoms with van der Waals surface area (Å²) in [6.07, 6.45) is 2.51. The molecule has 17 heavy (non-hydrogen) atoms. The fourth-order valence-electron chi connectivity index (χ4n) is 1.09. The van der Waals surface area contributed by atoms with Gasteiger partial charge in [0.1, 0.15) is 0 Å². The van der Waals surface area contributed by atoms with Crippen molar-refractivity contribution in [3.8, 4) is 11.5 Å². The van der Waals surface area contributed by atoms with Crippen LogP contribution in [0.25, 0.3) is 11.5 Å². The van der Waals surface area contributed by atoms with Gasteiger partial charge >= 0.3 is 0 Å². The molecule has 2 rings (SSSR count). The summed E-state index contributed by atoms with van der Waals surface area (Å²) in [5.74, 6) is 0.699. The van der Waals surface area contributed by atoms with Gasteiger partial charge in [-0.2, -0.15) is 0 Å². The molecule has 2 aromatic heterocycles. The third-order valence-electron chi connectivity index (χ3n) is 1.92. The first-order valence-corrected chi connectivity index (χ1v) is 5.94. The Bertz CT molecular complexity index is 463. The minimum atomic E-state index is -0.784. The summed E-state index contributed by atoms with van der Waals surface area (Å²) in [6, 6.07) is 3.60. The van der Waals surface area contributed by atoms with Gasteiger partial charge in [-0.15, -0.1) is 10.2 Å². The van der Waals surface area contributed by atoms with Crippen molar-refractivity contribution in [3.63, 3.8) is 0 Å². The van der Waals surface area contributed by atoms with Crippen LogP contribution in [-0.4, -0.2) is 43.9 Å². The number of thioether (sulfide) groups is 1. The molecule has 0 radical (unpaired) electrons. The Balaban J connectivity index is 2.01. The molecule has 0 fully saturated rings. The number of rotatable bonds is 5. The first-order valence-electron chi connectivity index (χ1n) is 4.95. The van der Waals surface area contributed by atoms with Gasteiger partial charge in [-0.1, -0.05) is 11.8 Å². The van der Waals surface area contributed by atoms with Crippen LogP contribution in [0.5, 0.6) is 0 Å². The summed E-state index contributed by atoms with van der Waals surface area (Å²) < 4.78 is 5.37. The van der Waals surface area contributed by atoms with Crippen LogP contribution in [0.15, 0.2) is 34.2 Å². The molecule has 0 amide bonds. The van der Waals surface area contributed by atoms with Crippen LogP contribution >= 0.6 is 11.8 Å². The van der Waals surface area contributed by atoms with Gasteiger partial charge in [0.05, 0.1) is 18.3 Å². The molecular weight excluding hydrogens is 242 g/mol. The zero-order valence-corrected chi connectivity index (χ0v) is 9.67. The molecule has 0 aliphatic carbocycles. The van der Waals surface area contributed by atoms with E-state index in [0.717, 1.165) is 5.56 Å². The Morgan fingerprint density at radius 1 is 1.41 bits per heavy atom. The predicted molar refractivity (Wildman–Crippen MR) is 61.3 cm³/mol. The average Bonchev–Trinajstić information content (AvgIpc) is 2.86. The molecule has 1 atom stereocenters. The van der Waals surface area contributed by atoms with Crippen LogP contribution in [0, 0.1) is 0 Å². The fourth-order valence-corrected chi connectivity index (χ4v) is 1.77. The Hall–Kier alpha value is -1.44. The number of pyridine rings is 1. The van der Waals surface area contributed by atoms with Gasteiger partial charge in [0.15, 0.2) is 0 Å². The van der Waals surface area contributed by atoms with Crippen LogP contribution in [0.4, 0.5) is 0 Å². The Kier molecular flexibility index (Phi) is 4.08. The molecule has 90 valence electrons. The third-order valence-corrected chi connectivity index (χ3v) is 2.89. The van der Waals surface area contributed by atoms with Gasteiger partial charge in [0, 0.05) is 18.1 Å². The Morgan fingerprint density at radius 3 is 3.00 bits per heavy atom. The molecule has 0 aliphatic heterocycles. The maximum absolute atomic E-state index is 9.17. The van der Waals surface area contributed by atoms with E-state index in [1.807, 2.05) is 6.07 Å². The SMILES string of the molecule is OCC(O)CSc1nnc(-c2cccnc2)o1. The summed E-state index contributed by atoms with van der Waals surface area (Å²) in [4.78, 5) is 3.95. The zero-order valence-electron chi connectivity index (χ0n) is 8.85. The standard InChI is InChI=1S/C10H11N3O3S/c14-5-8(15)6-17-10-13-12-9(16-10)7-2-1-3-11-4-7/h1-4,8,14-15H,5-6H2. The summed E-state index contributed by atoms with van der Waals surface area (Å²) in [7, 11) is 0. The Labute approximate surface area is 102 Å². The lowest BCUT2D eigenvalue weighted by Crippen LogP contribution is -2.14. The smallest absolute Gasteiger partial charge is 0.276 e. The zero-order chi connectivity index (χ0) is 12.1. The predicted octanol–water partition coefficient (Wildman–Crippen LogP) is 0.577. The van der Waals surface area contributed by atoms with Gasteiger partial charge in [-0.3, -0.25) is 4.98 Å². The maximum Gasteiger partial charge on any atom is 0.276 e. The molecule has 0 spiro atoms. The molecule has 2 heterocycles. The average molecular weight is 253 g/mol. The molecule has 0 aromatic carbocycles. The van der Waals surface area contributed by atoms with E-state index >= 15 is 0 Å². The molecule has 0 saturated heterocycles. The van der Waals surface area contributed by atoms with Gasteiger partial charge in [0.25, 0.3) is 5.22 Å². The second-order valence-corrected chi connectivity index (χ2v) is 4.23. The molecule has 0 aliphatic rings. The third kappa shape index (κ3) is 3.26. The molecule has 1 unspecified atom stereocenters. The Morgan fingerprint density at radius 2 is 2.29 bits per heavy atom. The van der Waals surface area contributed by atoms with Crippen molar-refractivity contribution >= 4 is 11.8 Å². The number of hydrogen-bond acceptors (Lipinski definition) is 7. The van der Waals surface area contributed by atoms with Crippen molar-refractivity contribution in [1.82, 2.24) is 15.2 Å². The number of hydrogen-bond donors (Lipinski definition) is 2. The van der Waals surface area contributed by atoms with Crippen molar-refractivity contribution < 1.29 is 14.6 Å². The molecule has 6 nitrogen and oxygen atoms in total. The van der Waals surface area contributed by atoms with Gasteiger partial charge < -0.3 is 14.6 Å². The molecule has 2 N–H and O–H groups in total. The maximum atomic E-state index is 9.17. The van der Waals surface area contributed by atoms with E-state index in [1.54, 1.807) is 18.5 Å². The highest BCUT2D eigenvalue weighted by atomic mass is 32.2. The number of aromatic nitrogens is 3. The second kappa shape index (κ2) is 5.76. The van der Waals surface area contributed by atoms with E-state index < -0.39 is 6.10 Å². The van der Waals surface area contributed by atoms with Crippen molar-refractivity contribution in [2.45, 2.75) is 11.3 Å². The molecule has 0 saturated carbocycles. The highest BCUT2D eigenvalue weighted by molar-refractivity contribution is 7.99. The monoisotopic (exact) mass is 253 g/mol. The molecule has 0 bridgehead atoms. The van der Waals surface area contributed by atoms with E-state index in [9.17, 15) is 5.11 Å². The van der Waals surface area contributed by atoms with Crippen LogP contribution in [0.2, 0.25) is 0 Å². The van der Waals surface area contributed by atoms with Crippen LogP contribution in [0.1, 0.15) is 0 Å². The minimum Gasteiger partial charge on any atom is -0.411 e. The normalized spacial score (nSPS) is 12.6. The van der Waals surface area contributed by atoms with Gasteiger partial charge in [-0.25, -0.2) is 0 Å². The highest BCUT2D eigenvalue weighted by Gasteiger charge is 2.10. The quantitative estimate of drug-likeness (QED) is 0.753. The largest absolute Gasteiger partial charge is 0.411 e. The van der Waals surface area contributed by atoms with Gasteiger partial charge in [-0.05, 0) is 12.1 Å². The van der Waals surface area contributed by atoms with Crippen LogP contribution in [-0.2, 0) is 0 Å². The van der Waals surface area contributed by atoms with Crippen molar-refractivity contribution in [2.75, 3.05) is 12.4 Å². The van der Waals surface area contributed by atoms with Crippen molar-refractivity contribution in [2.24, 2.45) is 0 Å². The topological polar surface area (TPSA) is 92.3 Å². The van der Waals surface area contributed by atoms with Crippen LogP contribution in [0.3, 0.4) is 0 Å². The van der Waals surface area contributed by atoms with E-state index in [1.165, 1.54) is 11.8 Å². The second-order valence-electron chi connectivity index (χ2n) is 3.26. The summed E-state index contributed by atoms with van der Waals surface area (Å²) in [5, 5.41) is 25.9. The summed E-state index contributed by atoms with van der Waals surface area (Å²) in [5.41, 5.74) is 0.745. The van der Waals surface area contributed by atoms with E-state index in [4.69, 9.17) is 9.52 Å². The van der Waals surface area contributed by atoms with Gasteiger partial charge in [0.2, 0.25) is 5.89 Å².